The van der Waals surface area contributed by atoms with Crippen LogP contribution in [0.4, 0.5) is 9.93 Å². The molecule has 0 saturated carbocycles. The summed E-state index contributed by atoms with van der Waals surface area (Å²) in [7, 11) is 0. The van der Waals surface area contributed by atoms with E-state index in [9.17, 15) is 9.59 Å². The summed E-state index contributed by atoms with van der Waals surface area (Å²) in [5.41, 5.74) is 0.522. The number of thiazole rings is 1. The molecule has 0 fully saturated rings. The second-order valence-electron chi connectivity index (χ2n) is 7.16. The highest BCUT2D eigenvalue weighted by atomic mass is 32.1. The number of aryl methyl sites for hydroxylation is 2. The molecule has 0 aliphatic heterocycles. The number of nitrogens with one attached hydrogen (secondary N) is 2. The molecule has 6 nitrogen and oxygen atoms in total. The Morgan fingerprint density at radius 1 is 1.17 bits per heavy atom. The zero-order valence-electron chi connectivity index (χ0n) is 14.9. The summed E-state index contributed by atoms with van der Waals surface area (Å²) >= 11 is 1.55. The van der Waals surface area contributed by atoms with Crippen LogP contribution in [-0.2, 0) is 22.4 Å². The molecule has 1 aliphatic carbocycles. The molecule has 134 valence electrons. The van der Waals surface area contributed by atoms with E-state index in [0.29, 0.717) is 5.13 Å². The molecule has 0 spiro atoms. The lowest BCUT2D eigenvalue weighted by atomic mass is 10.0. The van der Waals surface area contributed by atoms with Gasteiger partial charge in [0.15, 0.2) is 5.13 Å². The third-order valence-electron chi connectivity index (χ3n) is 3.70. The van der Waals surface area contributed by atoms with Crippen molar-refractivity contribution in [2.45, 2.75) is 77.9 Å². The fourth-order valence-electron chi connectivity index (χ4n) is 2.52. The normalized spacial score (nSPS) is 16.3. The maximum atomic E-state index is 12.2. The molecule has 1 heterocycles. The number of rotatable bonds is 3. The van der Waals surface area contributed by atoms with Crippen LogP contribution in [0.3, 0.4) is 0 Å². The molecular formula is C17H27N3O3S. The number of ether oxygens (including phenoxy) is 1. The van der Waals surface area contributed by atoms with E-state index in [0.717, 1.165) is 25.0 Å². The van der Waals surface area contributed by atoms with Gasteiger partial charge in [0, 0.05) is 4.88 Å². The minimum absolute atomic E-state index is 0.289. The Bertz CT molecular complexity index is 567. The Labute approximate surface area is 147 Å². The van der Waals surface area contributed by atoms with E-state index < -0.39 is 17.7 Å². The third-order valence-corrected chi connectivity index (χ3v) is 4.78. The van der Waals surface area contributed by atoms with Crippen molar-refractivity contribution in [1.29, 1.82) is 0 Å². The number of hydrogen-bond donors (Lipinski definition) is 2. The van der Waals surface area contributed by atoms with E-state index in [1.807, 2.05) is 0 Å². The Balaban J connectivity index is 1.91. The Morgan fingerprint density at radius 2 is 1.83 bits per heavy atom. The zero-order valence-corrected chi connectivity index (χ0v) is 15.7. The largest absolute Gasteiger partial charge is 0.444 e. The topological polar surface area (TPSA) is 80.3 Å². The Kier molecular flexibility index (Phi) is 6.21. The third kappa shape index (κ3) is 5.78. The van der Waals surface area contributed by atoms with Gasteiger partial charge in [0.2, 0.25) is 5.91 Å². The molecule has 2 rings (SSSR count). The molecule has 1 aliphatic rings. The van der Waals surface area contributed by atoms with Crippen molar-refractivity contribution >= 4 is 28.5 Å². The van der Waals surface area contributed by atoms with E-state index >= 15 is 0 Å². The average molecular weight is 353 g/mol. The molecular weight excluding hydrogens is 326 g/mol. The number of carbonyl (C=O) groups excluding carboxylic acids is 2. The van der Waals surface area contributed by atoms with Gasteiger partial charge in [0.25, 0.3) is 0 Å². The SMILES string of the molecule is C[C@@H](NC(=O)OC(C)(C)C)C(=O)Nc1nc2c(s1)CCCCCC2. The van der Waals surface area contributed by atoms with Crippen LogP contribution in [0.5, 0.6) is 0 Å². The van der Waals surface area contributed by atoms with Gasteiger partial charge in [-0.1, -0.05) is 12.8 Å². The van der Waals surface area contributed by atoms with Gasteiger partial charge in [0.1, 0.15) is 11.6 Å². The van der Waals surface area contributed by atoms with Crippen LogP contribution in [0.1, 0.15) is 63.9 Å². The quantitative estimate of drug-likeness (QED) is 0.869. The minimum atomic E-state index is -0.689. The van der Waals surface area contributed by atoms with Crippen LogP contribution in [-0.4, -0.2) is 28.6 Å². The Morgan fingerprint density at radius 3 is 2.50 bits per heavy atom. The minimum Gasteiger partial charge on any atom is -0.444 e. The van der Waals surface area contributed by atoms with Crippen molar-refractivity contribution in [2.75, 3.05) is 5.32 Å². The van der Waals surface area contributed by atoms with E-state index in [-0.39, 0.29) is 5.91 Å². The molecule has 1 atom stereocenters. The monoisotopic (exact) mass is 353 g/mol. The molecule has 0 saturated heterocycles. The number of nitrogens with zero attached hydrogens (tertiary/aromatic N) is 1. The summed E-state index contributed by atoms with van der Waals surface area (Å²) in [6, 6.07) is -0.689. The maximum absolute atomic E-state index is 12.2. The molecule has 0 bridgehead atoms. The summed E-state index contributed by atoms with van der Waals surface area (Å²) in [6.07, 6.45) is 6.25. The number of hydrogen-bond acceptors (Lipinski definition) is 5. The highest BCUT2D eigenvalue weighted by Gasteiger charge is 2.22. The van der Waals surface area contributed by atoms with Gasteiger partial charge in [-0.25, -0.2) is 9.78 Å². The van der Waals surface area contributed by atoms with Gasteiger partial charge in [-0.15, -0.1) is 11.3 Å². The molecule has 0 radical (unpaired) electrons. The molecule has 0 unspecified atom stereocenters. The standard InChI is InChI=1S/C17H27N3O3S/c1-11(18-16(22)23-17(2,3)4)14(21)20-15-19-12-9-7-5-6-8-10-13(12)24-15/h11H,5-10H2,1-4H3,(H,18,22)(H,19,20,21)/t11-/m1/s1. The second-order valence-corrected chi connectivity index (χ2v) is 8.24. The highest BCUT2D eigenvalue weighted by molar-refractivity contribution is 7.15. The summed E-state index contributed by atoms with van der Waals surface area (Å²) in [5, 5.41) is 5.96. The van der Waals surface area contributed by atoms with Crippen LogP contribution in [0.15, 0.2) is 0 Å². The van der Waals surface area contributed by atoms with Crippen molar-refractivity contribution in [3.8, 4) is 0 Å². The lowest BCUT2D eigenvalue weighted by Gasteiger charge is -2.21. The van der Waals surface area contributed by atoms with Crippen molar-refractivity contribution in [1.82, 2.24) is 10.3 Å². The van der Waals surface area contributed by atoms with Crippen molar-refractivity contribution in [2.24, 2.45) is 0 Å². The number of aromatic nitrogens is 1. The molecule has 24 heavy (non-hydrogen) atoms. The first-order chi connectivity index (χ1) is 11.2. The van der Waals surface area contributed by atoms with Crippen LogP contribution in [0.2, 0.25) is 0 Å². The number of carbonyl (C=O) groups is 2. The average Bonchev–Trinajstić information content (AvgIpc) is 2.77. The Hall–Kier alpha value is -1.63. The highest BCUT2D eigenvalue weighted by Crippen LogP contribution is 2.28. The predicted molar refractivity (Wildman–Crippen MR) is 95.5 cm³/mol. The first kappa shape index (κ1) is 18.7. The van der Waals surface area contributed by atoms with Gasteiger partial charge in [-0.2, -0.15) is 0 Å². The van der Waals surface area contributed by atoms with Gasteiger partial charge in [-0.3, -0.25) is 4.79 Å². The van der Waals surface area contributed by atoms with E-state index in [1.54, 1.807) is 39.0 Å². The summed E-state index contributed by atoms with van der Waals surface area (Å²) in [6.45, 7) is 6.97. The predicted octanol–water partition coefficient (Wildman–Crippen LogP) is 3.65. The van der Waals surface area contributed by atoms with Crippen LogP contribution >= 0.6 is 11.3 Å². The summed E-state index contributed by atoms with van der Waals surface area (Å²) < 4.78 is 5.16. The molecule has 1 aromatic heterocycles. The maximum Gasteiger partial charge on any atom is 0.408 e. The van der Waals surface area contributed by atoms with E-state index in [1.165, 1.54) is 24.1 Å². The van der Waals surface area contributed by atoms with E-state index in [2.05, 4.69) is 15.6 Å². The molecule has 0 aromatic carbocycles. The summed E-state index contributed by atoms with van der Waals surface area (Å²) in [5.74, 6) is -0.289. The van der Waals surface area contributed by atoms with Gasteiger partial charge in [0.05, 0.1) is 5.69 Å². The second kappa shape index (κ2) is 7.96. The molecule has 1 aromatic rings. The number of amides is 2. The number of fused-ring (bicyclic) bond motifs is 1. The van der Waals surface area contributed by atoms with Crippen LogP contribution < -0.4 is 10.6 Å². The molecule has 2 amide bonds. The smallest absolute Gasteiger partial charge is 0.408 e. The first-order valence-corrected chi connectivity index (χ1v) is 9.35. The van der Waals surface area contributed by atoms with Crippen molar-refractivity contribution in [3.05, 3.63) is 10.6 Å². The van der Waals surface area contributed by atoms with Gasteiger partial charge < -0.3 is 15.4 Å². The van der Waals surface area contributed by atoms with Crippen LogP contribution in [0, 0.1) is 0 Å². The fraction of sp³-hybridized carbons (Fsp3) is 0.706. The van der Waals surface area contributed by atoms with Crippen molar-refractivity contribution < 1.29 is 14.3 Å². The number of alkyl carbamates (subject to hydrolysis) is 1. The van der Waals surface area contributed by atoms with Crippen molar-refractivity contribution in [3.63, 3.8) is 0 Å². The lowest BCUT2D eigenvalue weighted by Crippen LogP contribution is -2.43. The summed E-state index contributed by atoms with van der Waals surface area (Å²) in [4.78, 5) is 29.8. The zero-order chi connectivity index (χ0) is 17.7. The van der Waals surface area contributed by atoms with Gasteiger partial charge in [-0.05, 0) is 53.4 Å². The fourth-order valence-corrected chi connectivity index (χ4v) is 3.58. The van der Waals surface area contributed by atoms with Crippen LogP contribution in [0.25, 0.3) is 0 Å². The number of anilines is 1. The van der Waals surface area contributed by atoms with E-state index in [4.69, 9.17) is 4.74 Å². The lowest BCUT2D eigenvalue weighted by molar-refractivity contribution is -0.117. The molecule has 7 heteroatoms. The first-order valence-electron chi connectivity index (χ1n) is 8.53. The van der Waals surface area contributed by atoms with Gasteiger partial charge >= 0.3 is 6.09 Å². The molecule has 2 N–H and O–H groups in total.